The molecule has 1 aliphatic carbocycles. The van der Waals surface area contributed by atoms with Gasteiger partial charge in [-0.1, -0.05) is 20.3 Å². The van der Waals surface area contributed by atoms with E-state index < -0.39 is 12.1 Å². The third-order valence-corrected chi connectivity index (χ3v) is 4.82. The van der Waals surface area contributed by atoms with Crippen LogP contribution in [0.5, 0.6) is 0 Å². The first-order chi connectivity index (χ1) is 9.84. The molecule has 0 aromatic carbocycles. The predicted octanol–water partition coefficient (Wildman–Crippen LogP) is 3.82. The Kier molecular flexibility index (Phi) is 5.95. The number of halogens is 3. The van der Waals surface area contributed by atoms with Crippen LogP contribution in [0.1, 0.15) is 52.4 Å². The highest BCUT2D eigenvalue weighted by molar-refractivity contribution is 4.86. The second-order valence-electron chi connectivity index (χ2n) is 7.24. The van der Waals surface area contributed by atoms with Crippen LogP contribution in [0.15, 0.2) is 0 Å². The van der Waals surface area contributed by atoms with E-state index in [-0.39, 0.29) is 12.5 Å². The summed E-state index contributed by atoms with van der Waals surface area (Å²) in [6.45, 7) is 7.73. The van der Waals surface area contributed by atoms with Crippen molar-refractivity contribution in [3.05, 3.63) is 0 Å². The lowest BCUT2D eigenvalue weighted by Gasteiger charge is -2.38. The van der Waals surface area contributed by atoms with Gasteiger partial charge in [-0.2, -0.15) is 13.2 Å². The van der Waals surface area contributed by atoms with Crippen LogP contribution in [0.25, 0.3) is 0 Å². The maximum atomic E-state index is 12.8. The lowest BCUT2D eigenvalue weighted by molar-refractivity contribution is -0.184. The van der Waals surface area contributed by atoms with E-state index in [1.807, 2.05) is 0 Å². The maximum absolute atomic E-state index is 12.8. The first-order valence-corrected chi connectivity index (χ1v) is 8.39. The number of alkyl halides is 3. The number of nitrogens with zero attached hydrogens (tertiary/aromatic N) is 1. The van der Waals surface area contributed by atoms with Gasteiger partial charge in [-0.05, 0) is 51.1 Å². The minimum atomic E-state index is -4.01. The van der Waals surface area contributed by atoms with Crippen molar-refractivity contribution in [2.45, 2.75) is 70.6 Å². The summed E-state index contributed by atoms with van der Waals surface area (Å²) < 4.78 is 38.5. The first kappa shape index (κ1) is 17.1. The molecule has 0 amide bonds. The van der Waals surface area contributed by atoms with Gasteiger partial charge in [0, 0.05) is 18.6 Å². The molecule has 0 spiro atoms. The fourth-order valence-electron chi connectivity index (χ4n) is 3.77. The zero-order chi connectivity index (χ0) is 15.5. The summed E-state index contributed by atoms with van der Waals surface area (Å²) in [5, 5.41) is 3.51. The summed E-state index contributed by atoms with van der Waals surface area (Å²) >= 11 is 0. The Morgan fingerprint density at radius 3 is 2.29 bits per heavy atom. The van der Waals surface area contributed by atoms with Gasteiger partial charge in [0.05, 0.1) is 5.92 Å². The molecule has 1 saturated carbocycles. The van der Waals surface area contributed by atoms with Crippen molar-refractivity contribution in [3.63, 3.8) is 0 Å². The SMILES string of the molecule is CC(C)CN1CCC(NC2CCCC(C(F)(F)F)C2)CC1. The van der Waals surface area contributed by atoms with Crippen LogP contribution in [0.3, 0.4) is 0 Å². The quantitative estimate of drug-likeness (QED) is 0.849. The predicted molar refractivity (Wildman–Crippen MR) is 79.2 cm³/mol. The Labute approximate surface area is 126 Å². The molecular weight excluding hydrogens is 277 g/mol. The monoisotopic (exact) mass is 306 g/mol. The largest absolute Gasteiger partial charge is 0.391 e. The molecule has 2 atom stereocenters. The molecule has 2 unspecified atom stereocenters. The molecular formula is C16H29F3N2. The average Bonchev–Trinajstić information content (AvgIpc) is 2.40. The van der Waals surface area contributed by atoms with E-state index in [1.54, 1.807) is 0 Å². The van der Waals surface area contributed by atoms with Crippen LogP contribution < -0.4 is 5.32 Å². The fourth-order valence-corrected chi connectivity index (χ4v) is 3.77. The molecule has 1 saturated heterocycles. The molecule has 21 heavy (non-hydrogen) atoms. The second kappa shape index (κ2) is 7.32. The van der Waals surface area contributed by atoms with E-state index in [0.717, 1.165) is 38.9 Å². The summed E-state index contributed by atoms with van der Waals surface area (Å²) in [6, 6.07) is 0.470. The first-order valence-electron chi connectivity index (χ1n) is 8.39. The van der Waals surface area contributed by atoms with Crippen LogP contribution in [-0.2, 0) is 0 Å². The second-order valence-corrected chi connectivity index (χ2v) is 7.24. The number of hydrogen-bond acceptors (Lipinski definition) is 2. The highest BCUT2D eigenvalue weighted by atomic mass is 19.4. The summed E-state index contributed by atoms with van der Waals surface area (Å²) in [6.07, 6.45) is 0.317. The van der Waals surface area contributed by atoms with Crippen molar-refractivity contribution in [2.75, 3.05) is 19.6 Å². The highest BCUT2D eigenvalue weighted by Gasteiger charge is 2.42. The van der Waals surface area contributed by atoms with E-state index in [1.165, 1.54) is 0 Å². The van der Waals surface area contributed by atoms with Crippen molar-refractivity contribution in [1.29, 1.82) is 0 Å². The van der Waals surface area contributed by atoms with Crippen molar-refractivity contribution in [2.24, 2.45) is 11.8 Å². The van der Waals surface area contributed by atoms with Crippen LogP contribution in [0.4, 0.5) is 13.2 Å². The van der Waals surface area contributed by atoms with Gasteiger partial charge in [-0.3, -0.25) is 0 Å². The number of nitrogens with one attached hydrogen (secondary N) is 1. The topological polar surface area (TPSA) is 15.3 Å². The lowest BCUT2D eigenvalue weighted by Crippen LogP contribution is -2.48. The van der Waals surface area contributed by atoms with E-state index in [0.29, 0.717) is 24.8 Å². The molecule has 0 radical (unpaired) electrons. The van der Waals surface area contributed by atoms with Crippen molar-refractivity contribution >= 4 is 0 Å². The van der Waals surface area contributed by atoms with Gasteiger partial charge in [0.2, 0.25) is 0 Å². The smallest absolute Gasteiger partial charge is 0.311 e. The Morgan fingerprint density at radius 2 is 1.71 bits per heavy atom. The summed E-state index contributed by atoms with van der Waals surface area (Å²) in [7, 11) is 0. The third kappa shape index (κ3) is 5.44. The molecule has 2 fully saturated rings. The van der Waals surface area contributed by atoms with E-state index >= 15 is 0 Å². The summed E-state index contributed by atoms with van der Waals surface area (Å²) in [5.41, 5.74) is 0. The van der Waals surface area contributed by atoms with Gasteiger partial charge in [0.1, 0.15) is 0 Å². The standard InChI is InChI=1S/C16H29F3N2/c1-12(2)11-21-8-6-14(7-9-21)20-15-5-3-4-13(10-15)16(17,18)19/h12-15,20H,3-11H2,1-2H3. The number of hydrogen-bond donors (Lipinski definition) is 1. The Balaban J connectivity index is 1.73. The van der Waals surface area contributed by atoms with Gasteiger partial charge >= 0.3 is 6.18 Å². The molecule has 2 aliphatic rings. The molecule has 0 aromatic heterocycles. The van der Waals surface area contributed by atoms with Crippen LogP contribution >= 0.6 is 0 Å². The molecule has 1 heterocycles. The van der Waals surface area contributed by atoms with E-state index in [9.17, 15) is 13.2 Å². The number of likely N-dealkylation sites (tertiary alicyclic amines) is 1. The average molecular weight is 306 g/mol. The van der Waals surface area contributed by atoms with Gasteiger partial charge < -0.3 is 10.2 Å². The Morgan fingerprint density at radius 1 is 1.05 bits per heavy atom. The number of piperidine rings is 1. The molecule has 2 rings (SSSR count). The minimum absolute atomic E-state index is 0.0621. The Hall–Kier alpha value is -0.290. The summed E-state index contributed by atoms with van der Waals surface area (Å²) in [5.74, 6) is -0.412. The van der Waals surface area contributed by atoms with Crippen LogP contribution in [0, 0.1) is 11.8 Å². The molecule has 5 heteroatoms. The summed E-state index contributed by atoms with van der Waals surface area (Å²) in [4.78, 5) is 2.47. The van der Waals surface area contributed by atoms with Gasteiger partial charge in [0.25, 0.3) is 0 Å². The van der Waals surface area contributed by atoms with Crippen molar-refractivity contribution < 1.29 is 13.2 Å². The highest BCUT2D eigenvalue weighted by Crippen LogP contribution is 2.37. The molecule has 0 bridgehead atoms. The van der Waals surface area contributed by atoms with E-state index in [4.69, 9.17) is 0 Å². The lowest BCUT2D eigenvalue weighted by atomic mass is 9.84. The third-order valence-electron chi connectivity index (χ3n) is 4.82. The Bertz CT molecular complexity index is 309. The fraction of sp³-hybridized carbons (Fsp3) is 1.00. The van der Waals surface area contributed by atoms with Crippen LogP contribution in [-0.4, -0.2) is 42.8 Å². The molecule has 0 aromatic rings. The van der Waals surface area contributed by atoms with Crippen LogP contribution in [0.2, 0.25) is 0 Å². The van der Waals surface area contributed by atoms with Gasteiger partial charge in [-0.25, -0.2) is 0 Å². The maximum Gasteiger partial charge on any atom is 0.391 e. The molecule has 2 nitrogen and oxygen atoms in total. The van der Waals surface area contributed by atoms with E-state index in [2.05, 4.69) is 24.1 Å². The minimum Gasteiger partial charge on any atom is -0.311 e. The van der Waals surface area contributed by atoms with Crippen molar-refractivity contribution in [3.8, 4) is 0 Å². The zero-order valence-corrected chi connectivity index (χ0v) is 13.3. The molecule has 124 valence electrons. The van der Waals surface area contributed by atoms with Gasteiger partial charge in [-0.15, -0.1) is 0 Å². The molecule has 1 N–H and O–H groups in total. The number of rotatable bonds is 4. The van der Waals surface area contributed by atoms with Gasteiger partial charge in [0.15, 0.2) is 0 Å². The molecule has 1 aliphatic heterocycles. The zero-order valence-electron chi connectivity index (χ0n) is 13.3. The normalized spacial score (nSPS) is 30.0. The van der Waals surface area contributed by atoms with Crippen molar-refractivity contribution in [1.82, 2.24) is 10.2 Å².